The van der Waals surface area contributed by atoms with Crippen molar-refractivity contribution >= 4 is 17.5 Å². The van der Waals surface area contributed by atoms with E-state index in [4.69, 9.17) is 5.73 Å². The van der Waals surface area contributed by atoms with Crippen LogP contribution in [0.1, 0.15) is 15.9 Å². The maximum Gasteiger partial charge on any atom is 0.248 e. The molecule has 0 unspecified atom stereocenters. The lowest BCUT2D eigenvalue weighted by Crippen LogP contribution is -2.31. The molecule has 0 atom stereocenters. The molecular weight excluding hydrogens is 297 g/mol. The number of halogens is 1. The summed E-state index contributed by atoms with van der Waals surface area (Å²) in [6, 6.07) is 12.7. The Morgan fingerprint density at radius 3 is 2.26 bits per heavy atom. The van der Waals surface area contributed by atoms with Gasteiger partial charge in [-0.15, -0.1) is 0 Å². The summed E-state index contributed by atoms with van der Waals surface area (Å²) in [7, 11) is 0. The summed E-state index contributed by atoms with van der Waals surface area (Å²) >= 11 is 0. The smallest absolute Gasteiger partial charge is 0.248 e. The van der Waals surface area contributed by atoms with Crippen LogP contribution < -0.4 is 16.4 Å². The Morgan fingerprint density at radius 2 is 1.65 bits per heavy atom. The Labute approximate surface area is 133 Å². The highest BCUT2D eigenvalue weighted by Gasteiger charge is 2.03. The van der Waals surface area contributed by atoms with Crippen LogP contribution in [0, 0.1) is 5.82 Å². The number of carbonyl (C=O) groups is 2. The number of benzene rings is 2. The van der Waals surface area contributed by atoms with Crippen LogP contribution >= 0.6 is 0 Å². The van der Waals surface area contributed by atoms with Gasteiger partial charge in [0, 0.05) is 17.8 Å². The number of anilines is 1. The van der Waals surface area contributed by atoms with Crippen LogP contribution in [-0.2, 0) is 11.2 Å². The number of hydrogen-bond acceptors (Lipinski definition) is 3. The number of nitrogens with two attached hydrogens (primary N) is 1. The minimum Gasteiger partial charge on any atom is -0.376 e. The molecule has 0 saturated carbocycles. The third-order valence-electron chi connectivity index (χ3n) is 3.27. The monoisotopic (exact) mass is 315 g/mol. The Hall–Kier alpha value is -2.89. The van der Waals surface area contributed by atoms with Crippen molar-refractivity contribution in [3.05, 3.63) is 65.5 Å². The molecule has 0 radical (unpaired) electrons. The van der Waals surface area contributed by atoms with E-state index in [0.29, 0.717) is 18.5 Å². The number of carbonyl (C=O) groups excluding carboxylic acids is 2. The maximum absolute atomic E-state index is 12.8. The van der Waals surface area contributed by atoms with Gasteiger partial charge in [0.15, 0.2) is 0 Å². The van der Waals surface area contributed by atoms with Crippen molar-refractivity contribution in [1.82, 2.24) is 5.32 Å². The summed E-state index contributed by atoms with van der Waals surface area (Å²) in [4.78, 5) is 22.7. The topological polar surface area (TPSA) is 84.2 Å². The summed E-state index contributed by atoms with van der Waals surface area (Å²) in [6.45, 7) is 0.603. The van der Waals surface area contributed by atoms with Crippen molar-refractivity contribution in [3.8, 4) is 0 Å². The third-order valence-corrected chi connectivity index (χ3v) is 3.27. The molecule has 2 aromatic carbocycles. The molecule has 2 rings (SSSR count). The van der Waals surface area contributed by atoms with E-state index in [1.807, 2.05) is 0 Å². The number of primary amides is 1. The first kappa shape index (κ1) is 16.5. The minimum absolute atomic E-state index is 0.124. The molecule has 0 spiro atoms. The summed E-state index contributed by atoms with van der Waals surface area (Å²) in [5, 5.41) is 5.73. The first-order valence-electron chi connectivity index (χ1n) is 7.19. The van der Waals surface area contributed by atoms with Gasteiger partial charge in [0.05, 0.1) is 6.54 Å². The van der Waals surface area contributed by atoms with Crippen molar-refractivity contribution in [3.63, 3.8) is 0 Å². The number of amides is 2. The van der Waals surface area contributed by atoms with E-state index < -0.39 is 5.91 Å². The maximum atomic E-state index is 12.8. The molecule has 0 aliphatic heterocycles. The van der Waals surface area contributed by atoms with Crippen molar-refractivity contribution in [1.29, 1.82) is 0 Å². The average molecular weight is 315 g/mol. The molecule has 0 aliphatic rings. The van der Waals surface area contributed by atoms with Crippen LogP contribution in [0.25, 0.3) is 0 Å². The largest absolute Gasteiger partial charge is 0.376 e. The van der Waals surface area contributed by atoms with Gasteiger partial charge in [0.1, 0.15) is 5.82 Å². The SMILES string of the molecule is NC(=O)c1ccc(NCC(=O)NCCc2ccc(F)cc2)cc1. The number of hydrogen-bond donors (Lipinski definition) is 3. The van der Waals surface area contributed by atoms with Gasteiger partial charge in [0.25, 0.3) is 0 Å². The van der Waals surface area contributed by atoms with Gasteiger partial charge < -0.3 is 16.4 Å². The lowest BCUT2D eigenvalue weighted by atomic mass is 10.1. The molecule has 0 bridgehead atoms. The molecule has 6 heteroatoms. The molecule has 5 nitrogen and oxygen atoms in total. The van der Waals surface area contributed by atoms with Gasteiger partial charge in [0.2, 0.25) is 11.8 Å². The molecule has 23 heavy (non-hydrogen) atoms. The number of rotatable bonds is 7. The molecule has 2 aromatic rings. The molecule has 2 amide bonds. The first-order valence-corrected chi connectivity index (χ1v) is 7.19. The van der Waals surface area contributed by atoms with E-state index >= 15 is 0 Å². The molecule has 0 heterocycles. The second kappa shape index (κ2) is 7.93. The van der Waals surface area contributed by atoms with E-state index in [-0.39, 0.29) is 18.3 Å². The van der Waals surface area contributed by atoms with Crippen LogP contribution in [0.5, 0.6) is 0 Å². The average Bonchev–Trinajstić information content (AvgIpc) is 2.55. The van der Waals surface area contributed by atoms with Gasteiger partial charge in [-0.05, 0) is 48.4 Å². The second-order valence-electron chi connectivity index (χ2n) is 5.02. The van der Waals surface area contributed by atoms with Gasteiger partial charge >= 0.3 is 0 Å². The van der Waals surface area contributed by atoms with Gasteiger partial charge in [-0.1, -0.05) is 12.1 Å². The van der Waals surface area contributed by atoms with Crippen LogP contribution in [0.3, 0.4) is 0 Å². The minimum atomic E-state index is -0.491. The lowest BCUT2D eigenvalue weighted by molar-refractivity contribution is -0.119. The van der Waals surface area contributed by atoms with Crippen LogP contribution in [0.2, 0.25) is 0 Å². The molecule has 4 N–H and O–H groups in total. The zero-order valence-corrected chi connectivity index (χ0v) is 12.5. The zero-order chi connectivity index (χ0) is 16.7. The fourth-order valence-electron chi connectivity index (χ4n) is 1.99. The van der Waals surface area contributed by atoms with E-state index in [0.717, 1.165) is 11.3 Å². The highest BCUT2D eigenvalue weighted by molar-refractivity contribution is 5.93. The Kier molecular flexibility index (Phi) is 5.68. The van der Waals surface area contributed by atoms with Crippen molar-refractivity contribution in [2.45, 2.75) is 6.42 Å². The highest BCUT2D eigenvalue weighted by atomic mass is 19.1. The molecule has 120 valence electrons. The highest BCUT2D eigenvalue weighted by Crippen LogP contribution is 2.08. The van der Waals surface area contributed by atoms with Gasteiger partial charge in [-0.2, -0.15) is 0 Å². The molecular formula is C17H18FN3O2. The van der Waals surface area contributed by atoms with E-state index in [1.54, 1.807) is 36.4 Å². The Balaban J connectivity index is 1.70. The van der Waals surface area contributed by atoms with Crippen LogP contribution in [0.15, 0.2) is 48.5 Å². The van der Waals surface area contributed by atoms with Crippen molar-refractivity contribution < 1.29 is 14.0 Å². The fourth-order valence-corrected chi connectivity index (χ4v) is 1.99. The zero-order valence-electron chi connectivity index (χ0n) is 12.5. The predicted octanol–water partition coefficient (Wildman–Crippen LogP) is 1.70. The summed E-state index contributed by atoms with van der Waals surface area (Å²) in [5.41, 5.74) is 7.25. The van der Waals surface area contributed by atoms with Crippen LogP contribution in [-0.4, -0.2) is 24.9 Å². The number of nitrogens with one attached hydrogen (secondary N) is 2. The van der Waals surface area contributed by atoms with E-state index in [9.17, 15) is 14.0 Å². The second-order valence-corrected chi connectivity index (χ2v) is 5.02. The Bertz CT molecular complexity index is 669. The quantitative estimate of drug-likeness (QED) is 0.727. The van der Waals surface area contributed by atoms with Crippen molar-refractivity contribution in [2.75, 3.05) is 18.4 Å². The summed E-state index contributed by atoms with van der Waals surface area (Å²) < 4.78 is 12.8. The molecule has 0 fully saturated rings. The first-order chi connectivity index (χ1) is 11.0. The summed E-state index contributed by atoms with van der Waals surface area (Å²) in [5.74, 6) is -0.912. The van der Waals surface area contributed by atoms with Gasteiger partial charge in [-0.3, -0.25) is 9.59 Å². The lowest BCUT2D eigenvalue weighted by Gasteiger charge is -2.08. The van der Waals surface area contributed by atoms with Gasteiger partial charge in [-0.25, -0.2) is 4.39 Å². The normalized spacial score (nSPS) is 10.1. The van der Waals surface area contributed by atoms with Crippen molar-refractivity contribution in [2.24, 2.45) is 5.73 Å². The standard InChI is InChI=1S/C17H18FN3O2/c18-14-5-1-12(2-6-14)9-10-20-16(22)11-21-15-7-3-13(4-8-15)17(19)23/h1-8,21H,9-11H2,(H2,19,23)(H,20,22). The van der Waals surface area contributed by atoms with Crippen LogP contribution in [0.4, 0.5) is 10.1 Å². The molecule has 0 saturated heterocycles. The summed E-state index contributed by atoms with van der Waals surface area (Å²) in [6.07, 6.45) is 0.638. The molecule has 0 aromatic heterocycles. The van der Waals surface area contributed by atoms with E-state index in [2.05, 4.69) is 10.6 Å². The van der Waals surface area contributed by atoms with E-state index in [1.165, 1.54) is 12.1 Å². The predicted molar refractivity (Wildman–Crippen MR) is 86.6 cm³/mol. The fraction of sp³-hybridized carbons (Fsp3) is 0.176. The molecule has 0 aliphatic carbocycles. The Morgan fingerprint density at radius 1 is 1.00 bits per heavy atom. The third kappa shape index (κ3) is 5.43.